The van der Waals surface area contributed by atoms with Crippen LogP contribution in [0.15, 0.2) is 48.5 Å². The number of anilines is 1. The molecule has 0 bridgehead atoms. The molecule has 0 radical (unpaired) electrons. The molecule has 0 heterocycles. The van der Waals surface area contributed by atoms with E-state index in [0.29, 0.717) is 23.6 Å². The molecular weight excluding hydrogens is 278 g/mol. The Balaban J connectivity index is 1.94. The van der Waals surface area contributed by atoms with E-state index in [9.17, 15) is 4.79 Å². The lowest BCUT2D eigenvalue weighted by atomic mass is 10.2. The van der Waals surface area contributed by atoms with Gasteiger partial charge >= 0.3 is 5.97 Å². The highest BCUT2D eigenvalue weighted by molar-refractivity contribution is 5.91. The first kappa shape index (κ1) is 15.9. The van der Waals surface area contributed by atoms with E-state index in [-0.39, 0.29) is 6.61 Å². The van der Waals surface area contributed by atoms with Crippen molar-refractivity contribution in [3.8, 4) is 5.75 Å². The van der Waals surface area contributed by atoms with Gasteiger partial charge in [0.05, 0.1) is 17.9 Å². The van der Waals surface area contributed by atoms with Crippen LogP contribution < -0.4 is 10.5 Å². The summed E-state index contributed by atoms with van der Waals surface area (Å²) in [5.74, 6) is 0.212. The van der Waals surface area contributed by atoms with Gasteiger partial charge in [-0.3, -0.25) is 0 Å². The van der Waals surface area contributed by atoms with Gasteiger partial charge in [-0.2, -0.15) is 0 Å². The number of rotatable bonds is 7. The molecule has 0 spiro atoms. The number of ether oxygens (including phenoxy) is 2. The molecule has 2 aromatic rings. The van der Waals surface area contributed by atoms with Crippen LogP contribution in [0, 0.1) is 0 Å². The predicted octanol–water partition coefficient (Wildman–Crippen LogP) is 3.80. The molecule has 0 aliphatic rings. The van der Waals surface area contributed by atoms with Crippen LogP contribution in [0.1, 0.15) is 35.7 Å². The maximum Gasteiger partial charge on any atom is 0.338 e. The molecule has 2 N–H and O–H groups in total. The van der Waals surface area contributed by atoms with E-state index in [4.69, 9.17) is 15.2 Å². The summed E-state index contributed by atoms with van der Waals surface area (Å²) in [6.07, 6.45) is 2.03. The second-order valence-corrected chi connectivity index (χ2v) is 5.02. The fourth-order valence-corrected chi connectivity index (χ4v) is 1.94. The number of esters is 1. The molecule has 0 unspecified atom stereocenters. The summed E-state index contributed by atoms with van der Waals surface area (Å²) in [4.78, 5) is 12.0. The molecule has 0 saturated carbocycles. The van der Waals surface area contributed by atoms with Gasteiger partial charge in [-0.15, -0.1) is 0 Å². The van der Waals surface area contributed by atoms with Crippen molar-refractivity contribution in [2.75, 3.05) is 12.3 Å². The summed E-state index contributed by atoms with van der Waals surface area (Å²) < 4.78 is 10.8. The van der Waals surface area contributed by atoms with Crippen molar-refractivity contribution in [2.45, 2.75) is 26.4 Å². The van der Waals surface area contributed by atoms with E-state index in [1.807, 2.05) is 30.3 Å². The minimum atomic E-state index is -0.393. The molecule has 0 atom stereocenters. The van der Waals surface area contributed by atoms with Gasteiger partial charge < -0.3 is 15.2 Å². The fraction of sp³-hybridized carbons (Fsp3) is 0.278. The van der Waals surface area contributed by atoms with E-state index in [2.05, 4.69) is 6.92 Å². The lowest BCUT2D eigenvalue weighted by Crippen LogP contribution is -2.07. The van der Waals surface area contributed by atoms with Crippen molar-refractivity contribution in [1.82, 2.24) is 0 Å². The number of nitrogen functional groups attached to an aromatic ring is 1. The molecule has 0 aliphatic heterocycles. The molecule has 0 aliphatic carbocycles. The molecule has 4 nitrogen and oxygen atoms in total. The van der Waals surface area contributed by atoms with Gasteiger partial charge in [-0.1, -0.05) is 43.7 Å². The standard InChI is InChI=1S/C18H21NO3/c1-2-3-11-21-17-10-9-15(12-16(17)19)18(20)22-13-14-7-5-4-6-8-14/h4-10,12H,2-3,11,13,19H2,1H3. The zero-order chi connectivity index (χ0) is 15.8. The first-order valence-corrected chi connectivity index (χ1v) is 7.44. The van der Waals surface area contributed by atoms with Crippen LogP contribution >= 0.6 is 0 Å². The third kappa shape index (κ3) is 4.52. The van der Waals surface area contributed by atoms with Gasteiger partial charge in [-0.25, -0.2) is 4.79 Å². The lowest BCUT2D eigenvalue weighted by molar-refractivity contribution is 0.0473. The molecule has 2 rings (SSSR count). The molecule has 116 valence electrons. The van der Waals surface area contributed by atoms with Crippen LogP contribution in [0.25, 0.3) is 0 Å². The van der Waals surface area contributed by atoms with E-state index in [0.717, 1.165) is 18.4 Å². The summed E-state index contributed by atoms with van der Waals surface area (Å²) >= 11 is 0. The van der Waals surface area contributed by atoms with Gasteiger partial charge in [0.1, 0.15) is 12.4 Å². The van der Waals surface area contributed by atoms with Crippen LogP contribution in [-0.2, 0) is 11.3 Å². The summed E-state index contributed by atoms with van der Waals surface area (Å²) in [6.45, 7) is 2.96. The second kappa shape index (κ2) is 8.08. The molecule has 4 heteroatoms. The van der Waals surface area contributed by atoms with E-state index < -0.39 is 5.97 Å². The summed E-state index contributed by atoms with van der Waals surface area (Å²) in [5, 5.41) is 0. The number of hydrogen-bond acceptors (Lipinski definition) is 4. The van der Waals surface area contributed by atoms with E-state index in [1.54, 1.807) is 18.2 Å². The Kier molecular flexibility index (Phi) is 5.83. The van der Waals surface area contributed by atoms with Gasteiger partial charge in [0.2, 0.25) is 0 Å². The maximum atomic E-state index is 12.0. The number of benzene rings is 2. The monoisotopic (exact) mass is 299 g/mol. The van der Waals surface area contributed by atoms with Crippen LogP contribution in [0.2, 0.25) is 0 Å². The number of nitrogens with two attached hydrogens (primary N) is 1. The quantitative estimate of drug-likeness (QED) is 0.480. The third-order valence-electron chi connectivity index (χ3n) is 3.21. The van der Waals surface area contributed by atoms with Crippen molar-refractivity contribution < 1.29 is 14.3 Å². The highest BCUT2D eigenvalue weighted by Gasteiger charge is 2.10. The summed E-state index contributed by atoms with van der Waals surface area (Å²) in [7, 11) is 0. The second-order valence-electron chi connectivity index (χ2n) is 5.02. The predicted molar refractivity (Wildman–Crippen MR) is 86.8 cm³/mol. The third-order valence-corrected chi connectivity index (χ3v) is 3.21. The number of unbranched alkanes of at least 4 members (excludes halogenated alkanes) is 1. The number of carbonyl (C=O) groups excluding carboxylic acids is 1. The summed E-state index contributed by atoms with van der Waals surface area (Å²) in [5.41, 5.74) is 7.74. The minimum Gasteiger partial charge on any atom is -0.491 e. The van der Waals surface area contributed by atoms with Crippen molar-refractivity contribution in [3.05, 3.63) is 59.7 Å². The van der Waals surface area contributed by atoms with Gasteiger partial charge in [0.25, 0.3) is 0 Å². The Labute approximate surface area is 130 Å². The van der Waals surface area contributed by atoms with E-state index in [1.165, 1.54) is 0 Å². The highest BCUT2D eigenvalue weighted by Crippen LogP contribution is 2.23. The summed E-state index contributed by atoms with van der Waals surface area (Å²) in [6, 6.07) is 14.5. The average molecular weight is 299 g/mol. The topological polar surface area (TPSA) is 61.5 Å². The normalized spacial score (nSPS) is 10.2. The Morgan fingerprint density at radius 2 is 1.91 bits per heavy atom. The molecule has 2 aromatic carbocycles. The zero-order valence-electron chi connectivity index (χ0n) is 12.7. The lowest BCUT2D eigenvalue weighted by Gasteiger charge is -2.10. The van der Waals surface area contributed by atoms with E-state index >= 15 is 0 Å². The van der Waals surface area contributed by atoms with Crippen molar-refractivity contribution in [1.29, 1.82) is 0 Å². The first-order valence-electron chi connectivity index (χ1n) is 7.44. The molecule has 22 heavy (non-hydrogen) atoms. The molecule has 0 amide bonds. The molecule has 0 fully saturated rings. The molecule has 0 aromatic heterocycles. The van der Waals surface area contributed by atoms with Crippen LogP contribution in [0.5, 0.6) is 5.75 Å². The SMILES string of the molecule is CCCCOc1ccc(C(=O)OCc2ccccc2)cc1N. The minimum absolute atomic E-state index is 0.244. The highest BCUT2D eigenvalue weighted by atomic mass is 16.5. The van der Waals surface area contributed by atoms with Crippen molar-refractivity contribution in [3.63, 3.8) is 0 Å². The largest absolute Gasteiger partial charge is 0.491 e. The van der Waals surface area contributed by atoms with Gasteiger partial charge in [0.15, 0.2) is 0 Å². The maximum absolute atomic E-state index is 12.0. The smallest absolute Gasteiger partial charge is 0.338 e. The van der Waals surface area contributed by atoms with Crippen molar-refractivity contribution >= 4 is 11.7 Å². The Bertz CT molecular complexity index is 611. The van der Waals surface area contributed by atoms with Crippen molar-refractivity contribution in [2.24, 2.45) is 0 Å². The van der Waals surface area contributed by atoms with Gasteiger partial charge in [-0.05, 0) is 30.2 Å². The zero-order valence-corrected chi connectivity index (χ0v) is 12.7. The molecule has 0 saturated heterocycles. The first-order chi connectivity index (χ1) is 10.7. The van der Waals surface area contributed by atoms with Crippen LogP contribution in [0.3, 0.4) is 0 Å². The van der Waals surface area contributed by atoms with Crippen LogP contribution in [0.4, 0.5) is 5.69 Å². The Morgan fingerprint density at radius 3 is 2.59 bits per heavy atom. The number of carbonyl (C=O) groups is 1. The number of hydrogen-bond donors (Lipinski definition) is 1. The van der Waals surface area contributed by atoms with Gasteiger partial charge in [0, 0.05) is 0 Å². The Morgan fingerprint density at radius 1 is 1.14 bits per heavy atom. The Hall–Kier alpha value is -2.49. The van der Waals surface area contributed by atoms with Crippen LogP contribution in [-0.4, -0.2) is 12.6 Å². The fourth-order valence-electron chi connectivity index (χ4n) is 1.94. The molecular formula is C18H21NO3. The average Bonchev–Trinajstić information content (AvgIpc) is 2.55.